The number of nitrogens with zero attached hydrogens (tertiary/aromatic N) is 3. The zero-order valence-electron chi connectivity index (χ0n) is 20.0. The Morgan fingerprint density at radius 2 is 1.83 bits per heavy atom. The van der Waals surface area contributed by atoms with Crippen molar-refractivity contribution >= 4 is 22.9 Å². The van der Waals surface area contributed by atoms with Crippen LogP contribution in [0.2, 0.25) is 0 Å². The van der Waals surface area contributed by atoms with Crippen LogP contribution in [0.5, 0.6) is 5.75 Å². The van der Waals surface area contributed by atoms with E-state index in [1.807, 2.05) is 17.0 Å². The predicted octanol–water partition coefficient (Wildman–Crippen LogP) is 4.96. The second-order valence-corrected chi connectivity index (χ2v) is 10.2. The van der Waals surface area contributed by atoms with Crippen LogP contribution in [0, 0.1) is 5.82 Å². The fourth-order valence-corrected chi connectivity index (χ4v) is 5.69. The van der Waals surface area contributed by atoms with Crippen LogP contribution >= 0.6 is 0 Å². The molecule has 4 aromatic rings. The summed E-state index contributed by atoms with van der Waals surface area (Å²) < 4.78 is 28.0. The van der Waals surface area contributed by atoms with Crippen molar-refractivity contribution in [3.05, 3.63) is 71.5 Å². The molecular weight excluding hydrogens is 465 g/mol. The van der Waals surface area contributed by atoms with Crippen molar-refractivity contribution in [2.24, 2.45) is 0 Å². The van der Waals surface area contributed by atoms with Crippen molar-refractivity contribution in [2.45, 2.75) is 37.7 Å². The number of fused-ring (bicyclic) bond motifs is 4. The number of halogens is 1. The van der Waals surface area contributed by atoms with E-state index in [2.05, 4.69) is 23.4 Å². The fraction of sp³-hybridized carbons (Fsp3) is 0.333. The number of aromatic hydroxyl groups is 1. The second kappa shape index (κ2) is 7.83. The molecule has 0 saturated carbocycles. The number of anilines is 1. The molecule has 0 aliphatic carbocycles. The lowest BCUT2D eigenvalue weighted by molar-refractivity contribution is -0.0987. The van der Waals surface area contributed by atoms with E-state index >= 15 is 0 Å². The third-order valence-electron chi connectivity index (χ3n) is 7.41. The third kappa shape index (κ3) is 3.30. The Bertz CT molecular complexity index is 1480. The molecule has 2 aromatic heterocycles. The molecule has 0 bridgehead atoms. The summed E-state index contributed by atoms with van der Waals surface area (Å²) in [6.07, 6.45) is 2.41. The van der Waals surface area contributed by atoms with E-state index < -0.39 is 11.6 Å². The molecule has 2 aliphatic rings. The summed E-state index contributed by atoms with van der Waals surface area (Å²) in [5, 5.41) is 21.0. The molecule has 36 heavy (non-hydrogen) atoms. The normalized spacial score (nSPS) is 18.5. The number of hydrogen-bond acceptors (Lipinski definition) is 6. The first-order valence-corrected chi connectivity index (χ1v) is 11.9. The van der Waals surface area contributed by atoms with Crippen LogP contribution in [0.15, 0.2) is 53.1 Å². The average molecular weight is 492 g/mol. The third-order valence-corrected chi connectivity index (χ3v) is 7.41. The van der Waals surface area contributed by atoms with E-state index in [0.717, 1.165) is 27.8 Å². The maximum atomic E-state index is 13.8. The summed E-state index contributed by atoms with van der Waals surface area (Å²) >= 11 is 0. The lowest BCUT2D eigenvalue weighted by Crippen LogP contribution is -2.50. The van der Waals surface area contributed by atoms with Crippen LogP contribution in [0.3, 0.4) is 0 Å². The SMILES string of the molecule is CC1(C)COC2(CCN(c3ncc(C(=O)O)o3)CC2)c2c1n(-c1ccc(F)cc1)c1cccc(O)c21. The Hall–Kier alpha value is -3.85. The smallest absolute Gasteiger partial charge is 0.373 e. The van der Waals surface area contributed by atoms with Crippen LogP contribution < -0.4 is 4.90 Å². The minimum atomic E-state index is -1.16. The van der Waals surface area contributed by atoms with Crippen molar-refractivity contribution in [1.82, 2.24) is 9.55 Å². The molecule has 2 N–H and O–H groups in total. The van der Waals surface area contributed by atoms with E-state index in [1.54, 1.807) is 18.2 Å². The van der Waals surface area contributed by atoms with Gasteiger partial charge in [0.15, 0.2) is 0 Å². The molecule has 0 amide bonds. The maximum absolute atomic E-state index is 13.8. The molecule has 2 aromatic carbocycles. The van der Waals surface area contributed by atoms with Gasteiger partial charge in [-0.05, 0) is 49.2 Å². The number of carbonyl (C=O) groups is 1. The van der Waals surface area contributed by atoms with Gasteiger partial charge < -0.3 is 28.8 Å². The van der Waals surface area contributed by atoms with Gasteiger partial charge in [0.25, 0.3) is 6.01 Å². The molecule has 8 nitrogen and oxygen atoms in total. The number of phenols is 1. The number of phenolic OH excluding ortho intramolecular Hbond substituents is 1. The number of ether oxygens (including phenoxy) is 1. The monoisotopic (exact) mass is 491 g/mol. The summed E-state index contributed by atoms with van der Waals surface area (Å²) in [6.45, 7) is 5.78. The Morgan fingerprint density at radius 1 is 1.11 bits per heavy atom. The van der Waals surface area contributed by atoms with Gasteiger partial charge in [-0.1, -0.05) is 19.9 Å². The van der Waals surface area contributed by atoms with Crippen molar-refractivity contribution in [3.8, 4) is 11.4 Å². The summed E-state index contributed by atoms with van der Waals surface area (Å²) in [5.74, 6) is -1.49. The highest BCUT2D eigenvalue weighted by molar-refractivity contribution is 5.94. The van der Waals surface area contributed by atoms with Crippen LogP contribution in [-0.2, 0) is 15.8 Å². The molecular formula is C27H26FN3O5. The topological polar surface area (TPSA) is 101 Å². The molecule has 186 valence electrons. The summed E-state index contributed by atoms with van der Waals surface area (Å²) in [4.78, 5) is 17.3. The zero-order valence-corrected chi connectivity index (χ0v) is 20.0. The number of benzene rings is 2. The number of hydrogen-bond donors (Lipinski definition) is 2. The Kier molecular flexibility index (Phi) is 4.91. The quantitative estimate of drug-likeness (QED) is 0.418. The number of aromatic carboxylic acids is 1. The zero-order chi connectivity index (χ0) is 25.2. The van der Waals surface area contributed by atoms with E-state index in [1.165, 1.54) is 18.3 Å². The first kappa shape index (κ1) is 22.6. The Labute approximate surface area is 206 Å². The molecule has 1 saturated heterocycles. The molecule has 0 radical (unpaired) electrons. The van der Waals surface area contributed by atoms with Crippen LogP contribution in [0.25, 0.3) is 16.6 Å². The molecule has 1 fully saturated rings. The van der Waals surface area contributed by atoms with Gasteiger partial charge in [0.05, 0.1) is 23.9 Å². The lowest BCUT2D eigenvalue weighted by atomic mass is 9.74. The maximum Gasteiger partial charge on any atom is 0.373 e. The summed E-state index contributed by atoms with van der Waals surface area (Å²) in [6, 6.07) is 12.1. The first-order chi connectivity index (χ1) is 17.2. The highest BCUT2D eigenvalue weighted by atomic mass is 19.1. The number of carboxylic acid groups (broad SMARTS) is 1. The number of carboxylic acids is 1. The van der Waals surface area contributed by atoms with E-state index in [4.69, 9.17) is 9.15 Å². The largest absolute Gasteiger partial charge is 0.507 e. The highest BCUT2D eigenvalue weighted by Crippen LogP contribution is 2.53. The van der Waals surface area contributed by atoms with E-state index in [9.17, 15) is 19.4 Å². The summed E-state index contributed by atoms with van der Waals surface area (Å²) in [7, 11) is 0. The predicted molar refractivity (Wildman–Crippen MR) is 130 cm³/mol. The number of piperidine rings is 1. The van der Waals surface area contributed by atoms with Crippen LogP contribution in [0.4, 0.5) is 10.4 Å². The van der Waals surface area contributed by atoms with Crippen LogP contribution in [-0.4, -0.2) is 45.4 Å². The molecule has 9 heteroatoms. The number of aromatic nitrogens is 2. The minimum absolute atomic E-state index is 0.173. The van der Waals surface area contributed by atoms with E-state index in [-0.39, 0.29) is 28.8 Å². The second-order valence-electron chi connectivity index (χ2n) is 10.2. The van der Waals surface area contributed by atoms with Gasteiger partial charge in [-0.2, -0.15) is 0 Å². The van der Waals surface area contributed by atoms with Crippen molar-refractivity contribution < 1.29 is 28.6 Å². The number of oxazole rings is 1. The molecule has 6 rings (SSSR count). The van der Waals surface area contributed by atoms with Gasteiger partial charge in [0, 0.05) is 40.8 Å². The van der Waals surface area contributed by atoms with Crippen molar-refractivity contribution in [1.29, 1.82) is 0 Å². The Morgan fingerprint density at radius 3 is 2.50 bits per heavy atom. The average Bonchev–Trinajstić information content (AvgIpc) is 3.49. The molecule has 1 spiro atoms. The van der Waals surface area contributed by atoms with Crippen molar-refractivity contribution in [2.75, 3.05) is 24.6 Å². The van der Waals surface area contributed by atoms with Gasteiger partial charge >= 0.3 is 5.97 Å². The lowest BCUT2D eigenvalue weighted by Gasteiger charge is -2.48. The van der Waals surface area contributed by atoms with Crippen molar-refractivity contribution in [3.63, 3.8) is 0 Å². The highest BCUT2D eigenvalue weighted by Gasteiger charge is 2.50. The van der Waals surface area contributed by atoms with Gasteiger partial charge in [-0.3, -0.25) is 0 Å². The number of rotatable bonds is 3. The van der Waals surface area contributed by atoms with E-state index in [0.29, 0.717) is 32.5 Å². The minimum Gasteiger partial charge on any atom is -0.507 e. The van der Waals surface area contributed by atoms with Crippen LogP contribution in [0.1, 0.15) is 48.5 Å². The molecule has 0 unspecified atom stereocenters. The van der Waals surface area contributed by atoms with Gasteiger partial charge in [0.2, 0.25) is 5.76 Å². The molecule has 4 heterocycles. The molecule has 2 aliphatic heterocycles. The van der Waals surface area contributed by atoms with Gasteiger partial charge in [-0.25, -0.2) is 14.2 Å². The molecule has 0 atom stereocenters. The Balaban J connectivity index is 1.50. The summed E-state index contributed by atoms with van der Waals surface area (Å²) in [5.41, 5.74) is 2.61. The standard InChI is InChI=1S/C27H26FN3O5/c1-26(2)15-35-27(10-12-30(13-11-27)25-29-14-20(36-25)24(33)34)22-21-18(4-3-5-19(21)32)31(23(22)26)17-8-6-16(28)7-9-17/h3-9,14,32H,10-13,15H2,1-2H3,(H,33,34). The first-order valence-electron chi connectivity index (χ1n) is 11.9. The fourth-order valence-electron chi connectivity index (χ4n) is 5.69. The van der Waals surface area contributed by atoms with Gasteiger partial charge in [-0.15, -0.1) is 0 Å². The van der Waals surface area contributed by atoms with Gasteiger partial charge in [0.1, 0.15) is 11.6 Å².